The Morgan fingerprint density at radius 3 is 2.84 bits per heavy atom. The van der Waals surface area contributed by atoms with Crippen molar-refractivity contribution in [3.8, 4) is 5.75 Å². The Labute approximate surface area is 118 Å². The molecule has 0 aliphatic heterocycles. The molecular weight excluding hydrogens is 258 g/mol. The predicted molar refractivity (Wildman–Crippen MR) is 77.5 cm³/mol. The van der Waals surface area contributed by atoms with Crippen molar-refractivity contribution in [2.24, 2.45) is 5.73 Å². The fourth-order valence-corrected chi connectivity index (χ4v) is 2.75. The van der Waals surface area contributed by atoms with Gasteiger partial charge in [-0.1, -0.05) is 41.9 Å². The van der Waals surface area contributed by atoms with Crippen LogP contribution in [-0.2, 0) is 13.0 Å². The van der Waals surface area contributed by atoms with Crippen LogP contribution in [0.1, 0.15) is 29.2 Å². The van der Waals surface area contributed by atoms with E-state index in [1.54, 1.807) is 0 Å². The standard InChI is InChI=1S/C16H16ClNO/c17-14-6-2-1-4-11(14)10-19-16-7-3-5-12-13(16)8-9-15(12)18/h1-7,15H,8-10,18H2. The lowest BCUT2D eigenvalue weighted by Crippen LogP contribution is -2.05. The highest BCUT2D eigenvalue weighted by Gasteiger charge is 2.22. The molecule has 0 radical (unpaired) electrons. The van der Waals surface area contributed by atoms with Gasteiger partial charge in [0.05, 0.1) is 0 Å². The van der Waals surface area contributed by atoms with Crippen molar-refractivity contribution in [3.63, 3.8) is 0 Å². The minimum atomic E-state index is 0.152. The highest BCUT2D eigenvalue weighted by Crippen LogP contribution is 2.35. The van der Waals surface area contributed by atoms with Crippen molar-refractivity contribution in [1.29, 1.82) is 0 Å². The average Bonchev–Trinajstić information content (AvgIpc) is 2.81. The van der Waals surface area contributed by atoms with Gasteiger partial charge >= 0.3 is 0 Å². The highest BCUT2D eigenvalue weighted by molar-refractivity contribution is 6.31. The summed E-state index contributed by atoms with van der Waals surface area (Å²) in [5, 5.41) is 0.742. The average molecular weight is 274 g/mol. The fourth-order valence-electron chi connectivity index (χ4n) is 2.56. The lowest BCUT2D eigenvalue weighted by atomic mass is 10.1. The molecule has 0 aromatic heterocycles. The number of ether oxygens (including phenoxy) is 1. The van der Waals surface area contributed by atoms with Gasteiger partial charge in [-0.05, 0) is 36.1 Å². The molecule has 98 valence electrons. The molecule has 0 saturated carbocycles. The number of halogens is 1. The summed E-state index contributed by atoms with van der Waals surface area (Å²) >= 11 is 6.13. The summed E-state index contributed by atoms with van der Waals surface area (Å²) in [7, 11) is 0. The van der Waals surface area contributed by atoms with Crippen LogP contribution in [0.3, 0.4) is 0 Å². The second kappa shape index (κ2) is 5.24. The zero-order chi connectivity index (χ0) is 13.2. The quantitative estimate of drug-likeness (QED) is 0.921. The normalized spacial score (nSPS) is 17.3. The van der Waals surface area contributed by atoms with Gasteiger partial charge in [0.25, 0.3) is 0 Å². The molecule has 2 N–H and O–H groups in total. The zero-order valence-corrected chi connectivity index (χ0v) is 11.4. The smallest absolute Gasteiger partial charge is 0.123 e. The maximum atomic E-state index is 6.13. The van der Waals surface area contributed by atoms with Gasteiger partial charge in [-0.25, -0.2) is 0 Å². The van der Waals surface area contributed by atoms with Gasteiger partial charge in [-0.15, -0.1) is 0 Å². The molecule has 0 spiro atoms. The lowest BCUT2D eigenvalue weighted by molar-refractivity contribution is 0.303. The minimum Gasteiger partial charge on any atom is -0.489 e. The van der Waals surface area contributed by atoms with Crippen LogP contribution < -0.4 is 10.5 Å². The third-order valence-electron chi connectivity index (χ3n) is 3.62. The Balaban J connectivity index is 1.80. The second-order valence-electron chi connectivity index (χ2n) is 4.85. The molecule has 2 aromatic rings. The Morgan fingerprint density at radius 2 is 2.00 bits per heavy atom. The van der Waals surface area contributed by atoms with Gasteiger partial charge < -0.3 is 10.5 Å². The Morgan fingerprint density at radius 1 is 1.16 bits per heavy atom. The van der Waals surface area contributed by atoms with Crippen molar-refractivity contribution in [1.82, 2.24) is 0 Å². The fraction of sp³-hybridized carbons (Fsp3) is 0.250. The number of nitrogens with two attached hydrogens (primary N) is 1. The number of hydrogen-bond acceptors (Lipinski definition) is 2. The third-order valence-corrected chi connectivity index (χ3v) is 3.98. The predicted octanol–water partition coefficient (Wildman–Crippen LogP) is 3.87. The van der Waals surface area contributed by atoms with Gasteiger partial charge in [0, 0.05) is 16.6 Å². The van der Waals surface area contributed by atoms with Gasteiger partial charge in [0.2, 0.25) is 0 Å². The van der Waals surface area contributed by atoms with E-state index in [1.807, 2.05) is 36.4 Å². The zero-order valence-electron chi connectivity index (χ0n) is 10.6. The summed E-state index contributed by atoms with van der Waals surface area (Å²) in [6.07, 6.45) is 2.00. The Bertz CT molecular complexity index is 597. The molecule has 2 nitrogen and oxygen atoms in total. The first-order chi connectivity index (χ1) is 9.25. The third kappa shape index (κ3) is 2.46. The van der Waals surface area contributed by atoms with Gasteiger partial charge in [-0.3, -0.25) is 0 Å². The molecule has 0 amide bonds. The molecule has 0 heterocycles. The van der Waals surface area contributed by atoms with Crippen molar-refractivity contribution in [2.75, 3.05) is 0 Å². The molecule has 19 heavy (non-hydrogen) atoms. The molecule has 1 aliphatic carbocycles. The molecule has 2 aromatic carbocycles. The SMILES string of the molecule is NC1CCc2c(OCc3ccccc3Cl)cccc21. The molecule has 3 heteroatoms. The van der Waals surface area contributed by atoms with Crippen LogP contribution in [-0.4, -0.2) is 0 Å². The molecule has 0 saturated heterocycles. The van der Waals surface area contributed by atoms with Crippen LogP contribution in [0.4, 0.5) is 0 Å². The summed E-state index contributed by atoms with van der Waals surface area (Å²) in [4.78, 5) is 0. The number of benzene rings is 2. The van der Waals surface area contributed by atoms with E-state index < -0.39 is 0 Å². The summed E-state index contributed by atoms with van der Waals surface area (Å²) in [5.74, 6) is 0.936. The highest BCUT2D eigenvalue weighted by atomic mass is 35.5. The largest absolute Gasteiger partial charge is 0.489 e. The second-order valence-corrected chi connectivity index (χ2v) is 5.26. The summed E-state index contributed by atoms with van der Waals surface area (Å²) in [6, 6.07) is 14.0. The number of fused-ring (bicyclic) bond motifs is 1. The van der Waals surface area contributed by atoms with Crippen molar-refractivity contribution < 1.29 is 4.74 Å². The summed E-state index contributed by atoms with van der Waals surface area (Å²) < 4.78 is 5.92. The van der Waals surface area contributed by atoms with Crippen LogP contribution >= 0.6 is 11.6 Å². The first-order valence-corrected chi connectivity index (χ1v) is 6.87. The summed E-state index contributed by atoms with van der Waals surface area (Å²) in [6.45, 7) is 0.491. The van der Waals surface area contributed by atoms with Crippen molar-refractivity contribution >= 4 is 11.6 Å². The molecule has 3 rings (SSSR count). The number of rotatable bonds is 3. The van der Waals surface area contributed by atoms with Crippen LogP contribution in [0.2, 0.25) is 5.02 Å². The van der Waals surface area contributed by atoms with Crippen LogP contribution in [0, 0.1) is 0 Å². The molecule has 1 atom stereocenters. The van der Waals surface area contributed by atoms with E-state index in [9.17, 15) is 0 Å². The summed E-state index contributed by atoms with van der Waals surface area (Å²) in [5.41, 5.74) is 9.54. The van der Waals surface area contributed by atoms with E-state index in [-0.39, 0.29) is 6.04 Å². The van der Waals surface area contributed by atoms with Crippen molar-refractivity contribution in [2.45, 2.75) is 25.5 Å². The Hall–Kier alpha value is -1.51. The van der Waals surface area contributed by atoms with Crippen molar-refractivity contribution in [3.05, 3.63) is 64.2 Å². The lowest BCUT2D eigenvalue weighted by Gasteiger charge is -2.12. The van der Waals surface area contributed by atoms with E-state index in [1.165, 1.54) is 11.1 Å². The molecule has 0 bridgehead atoms. The van der Waals surface area contributed by atoms with Gasteiger partial charge in [0.1, 0.15) is 12.4 Å². The molecule has 0 fully saturated rings. The maximum Gasteiger partial charge on any atom is 0.123 e. The molecule has 1 unspecified atom stereocenters. The Kier molecular flexibility index (Phi) is 3.45. The van der Waals surface area contributed by atoms with E-state index in [4.69, 9.17) is 22.1 Å². The van der Waals surface area contributed by atoms with Gasteiger partial charge in [0.15, 0.2) is 0 Å². The van der Waals surface area contributed by atoms with E-state index in [2.05, 4.69) is 6.07 Å². The maximum absolute atomic E-state index is 6.13. The van der Waals surface area contributed by atoms with Crippen LogP contribution in [0.5, 0.6) is 5.75 Å². The van der Waals surface area contributed by atoms with E-state index >= 15 is 0 Å². The van der Waals surface area contributed by atoms with E-state index in [0.717, 1.165) is 29.2 Å². The first-order valence-electron chi connectivity index (χ1n) is 6.49. The topological polar surface area (TPSA) is 35.2 Å². The molecular formula is C16H16ClNO. The molecule has 1 aliphatic rings. The van der Waals surface area contributed by atoms with Crippen LogP contribution in [0.25, 0.3) is 0 Å². The van der Waals surface area contributed by atoms with Gasteiger partial charge in [-0.2, -0.15) is 0 Å². The minimum absolute atomic E-state index is 0.152. The first kappa shape index (κ1) is 12.5. The van der Waals surface area contributed by atoms with Crippen LogP contribution in [0.15, 0.2) is 42.5 Å². The number of hydrogen-bond donors (Lipinski definition) is 1. The van der Waals surface area contributed by atoms with E-state index in [0.29, 0.717) is 6.61 Å². The monoisotopic (exact) mass is 273 g/mol.